The van der Waals surface area contributed by atoms with Crippen molar-refractivity contribution >= 4 is 69.1 Å². The number of amides is 1. The van der Waals surface area contributed by atoms with Crippen LogP contribution >= 0.6 is 34.8 Å². The molecule has 0 aliphatic carbocycles. The number of nitro benzene ring substituents is 3. The Bertz CT molecular complexity index is 3930. The number of anilines is 2. The lowest BCUT2D eigenvalue weighted by molar-refractivity contribution is -0.386. The number of alkyl halides is 6. The monoisotopic (exact) mass is 1460 g/mol. The molecule has 0 spiro atoms. The van der Waals surface area contributed by atoms with Gasteiger partial charge in [0.25, 0.3) is 11.4 Å². The maximum Gasteiger partial charge on any atom is 0.416 e. The van der Waals surface area contributed by atoms with Gasteiger partial charge in [-0.2, -0.15) is 26.3 Å². The Kier molecular flexibility index (Phi) is 41.0. The predicted octanol–water partition coefficient (Wildman–Crippen LogP) is 23.8. The SMILES string of the molecule is CC(=O)Nc1cc(C)ccc1C.CCOc1ccc(C)cc1[N+](=O)[O-].Cc1cc(C(F)(F)F)cc(C(F)(F)F)c1.Cc1ccc(C)c(NCCCCCN)c1.Cc1ccc(C)cc1.Cc1ccc(Cl)c(Cl)c1.Cc1ccc(Cl)cc1.Cc1cccc([N+](=O)[O-])c1C.Cc1ccccc1[N+](=O)[O-]. The summed E-state index contributed by atoms with van der Waals surface area (Å²) in [6, 6.07) is 52.4. The molecule has 0 atom stereocenters. The molecule has 23 heteroatoms. The molecule has 0 saturated carbocycles. The van der Waals surface area contributed by atoms with Crippen LogP contribution in [0.2, 0.25) is 15.1 Å². The molecular weight excluding hydrogens is 1370 g/mol. The number of ether oxygens (including phenoxy) is 1. The van der Waals surface area contributed by atoms with Crippen molar-refractivity contribution in [2.75, 3.05) is 30.3 Å². The van der Waals surface area contributed by atoms with Gasteiger partial charge in [0.1, 0.15) is 0 Å². The zero-order valence-corrected chi connectivity index (χ0v) is 61.9. The normalized spacial score (nSPS) is 10.1. The van der Waals surface area contributed by atoms with Crippen LogP contribution in [0.1, 0.15) is 117 Å². The number of aryl methyl sites for hydroxylation is 12. The van der Waals surface area contributed by atoms with Crippen LogP contribution in [0.25, 0.3) is 0 Å². The van der Waals surface area contributed by atoms with E-state index in [9.17, 15) is 61.5 Å². The lowest BCUT2D eigenvalue weighted by Crippen LogP contribution is -2.11. The number of halogens is 9. The van der Waals surface area contributed by atoms with Crippen molar-refractivity contribution in [2.45, 2.75) is 135 Å². The Morgan fingerprint density at radius 1 is 0.446 bits per heavy atom. The van der Waals surface area contributed by atoms with Crippen LogP contribution in [0, 0.1) is 120 Å². The number of nitrogens with one attached hydrogen (secondary N) is 2. The molecule has 0 aliphatic heterocycles. The van der Waals surface area contributed by atoms with Crippen molar-refractivity contribution < 1.29 is 50.6 Å². The molecule has 101 heavy (non-hydrogen) atoms. The van der Waals surface area contributed by atoms with Crippen LogP contribution < -0.4 is 21.1 Å². The minimum Gasteiger partial charge on any atom is -0.487 e. The van der Waals surface area contributed by atoms with Gasteiger partial charge in [-0.3, -0.25) is 35.1 Å². The van der Waals surface area contributed by atoms with Gasteiger partial charge in [-0.15, -0.1) is 0 Å². The van der Waals surface area contributed by atoms with Gasteiger partial charge in [-0.1, -0.05) is 161 Å². The lowest BCUT2D eigenvalue weighted by Gasteiger charge is -2.12. The zero-order chi connectivity index (χ0) is 76.7. The maximum atomic E-state index is 12.2. The van der Waals surface area contributed by atoms with Crippen molar-refractivity contribution in [2.24, 2.45) is 5.73 Å². The number of rotatable bonds is 12. The Morgan fingerprint density at radius 3 is 1.30 bits per heavy atom. The molecule has 0 heterocycles. The van der Waals surface area contributed by atoms with Crippen molar-refractivity contribution in [1.82, 2.24) is 0 Å². The number of hydrogen-bond donors (Lipinski definition) is 3. The first-order chi connectivity index (χ1) is 47.2. The quantitative estimate of drug-likeness (QED) is 0.0457. The van der Waals surface area contributed by atoms with Gasteiger partial charge in [-0.25, -0.2) is 0 Å². The van der Waals surface area contributed by atoms with E-state index in [0.29, 0.717) is 40.1 Å². The number of unbranched alkanes of at least 4 members (excludes halogenated alkanes) is 2. The zero-order valence-electron chi connectivity index (χ0n) is 59.6. The minimum absolute atomic E-state index is 0.0244. The van der Waals surface area contributed by atoms with Crippen LogP contribution in [0.5, 0.6) is 5.75 Å². The van der Waals surface area contributed by atoms with E-state index < -0.39 is 28.4 Å². The van der Waals surface area contributed by atoms with E-state index in [2.05, 4.69) is 80.8 Å². The van der Waals surface area contributed by atoms with E-state index in [1.54, 1.807) is 63.2 Å². The molecule has 0 saturated heterocycles. The number of carbonyl (C=O) groups is 1. The van der Waals surface area contributed by atoms with Crippen molar-refractivity contribution in [1.29, 1.82) is 0 Å². The number of nitro groups is 3. The number of nitrogens with zero attached hydrogens (tertiary/aromatic N) is 3. The molecule has 0 radical (unpaired) electrons. The second kappa shape index (κ2) is 46.2. The molecule has 9 aromatic carbocycles. The van der Waals surface area contributed by atoms with E-state index in [1.807, 2.05) is 102 Å². The summed E-state index contributed by atoms with van der Waals surface area (Å²) in [5.41, 5.74) is 18.6. The summed E-state index contributed by atoms with van der Waals surface area (Å²) in [6.07, 6.45) is -5.97. The number of hydrogen-bond acceptors (Lipinski definition) is 10. The van der Waals surface area contributed by atoms with Crippen LogP contribution in [-0.2, 0) is 17.1 Å². The van der Waals surface area contributed by atoms with Gasteiger partial charge in [-0.05, 0) is 221 Å². The fraction of sp³-hybridized carbons (Fsp3) is 0.295. The Labute approximate surface area is 604 Å². The third kappa shape index (κ3) is 37.6. The first-order valence-electron chi connectivity index (χ1n) is 31.8. The highest BCUT2D eigenvalue weighted by Crippen LogP contribution is 2.36. The van der Waals surface area contributed by atoms with Gasteiger partial charge in [0.05, 0.1) is 42.5 Å². The van der Waals surface area contributed by atoms with Crippen molar-refractivity contribution in [3.05, 3.63) is 311 Å². The molecule has 1 amide bonds. The molecule has 9 rings (SSSR count). The molecule has 9 aromatic rings. The predicted molar refractivity (Wildman–Crippen MR) is 401 cm³/mol. The van der Waals surface area contributed by atoms with Gasteiger partial charge >= 0.3 is 18.0 Å². The van der Waals surface area contributed by atoms with Crippen molar-refractivity contribution in [3.8, 4) is 5.75 Å². The molecule has 0 aliphatic rings. The number of carbonyl (C=O) groups excluding carboxylic acids is 1. The van der Waals surface area contributed by atoms with E-state index >= 15 is 0 Å². The summed E-state index contributed by atoms with van der Waals surface area (Å²) in [5.74, 6) is 0.307. The van der Waals surface area contributed by atoms with Gasteiger partial charge in [0.15, 0.2) is 5.75 Å². The Hall–Kier alpha value is -9.34. The van der Waals surface area contributed by atoms with Crippen molar-refractivity contribution in [3.63, 3.8) is 0 Å². The fourth-order valence-electron chi connectivity index (χ4n) is 8.29. The molecule has 0 aromatic heterocycles. The van der Waals surface area contributed by atoms with Gasteiger partial charge in [0, 0.05) is 59.2 Å². The highest BCUT2D eigenvalue weighted by molar-refractivity contribution is 6.42. The average Bonchev–Trinajstić information content (AvgIpc) is 0.815. The number of para-hydroxylation sites is 1. The van der Waals surface area contributed by atoms with E-state index in [4.69, 9.17) is 45.3 Å². The van der Waals surface area contributed by atoms with Crippen LogP contribution in [-0.4, -0.2) is 40.4 Å². The largest absolute Gasteiger partial charge is 0.487 e. The van der Waals surface area contributed by atoms with E-state index in [0.717, 1.165) is 63.6 Å². The Balaban J connectivity index is 0.000000572. The molecule has 544 valence electrons. The first-order valence-corrected chi connectivity index (χ1v) is 32.9. The second-order valence-electron chi connectivity index (χ2n) is 23.2. The van der Waals surface area contributed by atoms with Crippen LogP contribution in [0.15, 0.2) is 182 Å². The molecular formula is C78H91Cl3F6N6O8. The summed E-state index contributed by atoms with van der Waals surface area (Å²) in [4.78, 5) is 40.8. The molecule has 14 nitrogen and oxygen atoms in total. The van der Waals surface area contributed by atoms with E-state index in [1.165, 1.54) is 78.4 Å². The summed E-state index contributed by atoms with van der Waals surface area (Å²) in [5, 5.41) is 39.5. The molecule has 4 N–H and O–H groups in total. The topological polar surface area (TPSA) is 206 Å². The number of nitrogens with two attached hydrogens (primary N) is 1. The summed E-state index contributed by atoms with van der Waals surface area (Å²) in [7, 11) is 0. The van der Waals surface area contributed by atoms with Gasteiger partial charge < -0.3 is 21.1 Å². The summed E-state index contributed by atoms with van der Waals surface area (Å²) in [6.45, 7) is 30.4. The van der Waals surface area contributed by atoms with E-state index in [-0.39, 0.29) is 44.4 Å². The molecule has 0 bridgehead atoms. The summed E-state index contributed by atoms with van der Waals surface area (Å²) >= 11 is 16.9. The fourth-order valence-corrected chi connectivity index (χ4v) is 8.77. The third-order valence-corrected chi connectivity index (χ3v) is 15.0. The van der Waals surface area contributed by atoms with Crippen LogP contribution in [0.4, 0.5) is 54.8 Å². The standard InChI is InChI=1S/C13H22N2.C10H13NO.C9H6F6.C9H11NO3.C8H9NO2.C8H10.C7H6Cl2.C7H7Cl.C7H7NO2/c1-11-6-7-12(2)13(10-11)15-9-5-3-4-8-14;1-7-4-5-8(2)10(6-7)11-9(3)12;1-5-2-6(8(10,11)12)4-7(3-5)9(13,14)15;1-3-13-9-5-4-7(2)6-8(9)10(11)12;1-6-4-3-5-8(7(6)2)9(10)11;1-7-3-5-8(2)6-4-7;1-5-2-3-6(8)7(9)4-5;1-6-2-4-7(8)5-3-6;1-6-4-2-3-5-7(6)8(9)10/h6-7,10,15H,3-5,8-9,14H2,1-2H3;4-6H,1-3H3,(H,11,12);2-4H,1H3;4-6H,3H2,1-2H3;3-5H,1-2H3;3-6H,1-2H3;2-4H,1H3;2-5H,1H3;2-5H,1H3. The number of benzene rings is 9. The molecule has 0 fully saturated rings. The highest BCUT2D eigenvalue weighted by Gasteiger charge is 2.36. The Morgan fingerprint density at radius 2 is 0.871 bits per heavy atom. The second-order valence-corrected chi connectivity index (χ2v) is 24.5. The summed E-state index contributed by atoms with van der Waals surface area (Å²) < 4.78 is 78.1. The molecule has 0 unspecified atom stereocenters. The van der Waals surface area contributed by atoms with Crippen LogP contribution in [0.3, 0.4) is 0 Å². The smallest absolute Gasteiger partial charge is 0.416 e. The maximum absolute atomic E-state index is 12.2. The minimum atomic E-state index is -4.76. The third-order valence-electron chi connectivity index (χ3n) is 14.0. The first kappa shape index (κ1) is 89.7. The van der Waals surface area contributed by atoms with Gasteiger partial charge in [0.2, 0.25) is 5.91 Å². The lowest BCUT2D eigenvalue weighted by atomic mass is 10.1. The average molecular weight is 1460 g/mol. The highest BCUT2D eigenvalue weighted by atomic mass is 35.5.